The molecular formula is C21H29N3O3. The van der Waals surface area contributed by atoms with Crippen molar-refractivity contribution in [2.24, 2.45) is 5.92 Å². The number of piperidine rings is 1. The molecule has 146 valence electrons. The highest BCUT2D eigenvalue weighted by Gasteiger charge is 2.49. The van der Waals surface area contributed by atoms with Crippen molar-refractivity contribution in [3.05, 3.63) is 35.4 Å². The normalized spacial score (nSPS) is 23.9. The summed E-state index contributed by atoms with van der Waals surface area (Å²) < 4.78 is 0. The number of carbonyl (C=O) groups is 3. The molecular weight excluding hydrogens is 342 g/mol. The lowest BCUT2D eigenvalue weighted by Crippen LogP contribution is -2.46. The van der Waals surface area contributed by atoms with Crippen LogP contribution in [0.3, 0.4) is 0 Å². The van der Waals surface area contributed by atoms with Gasteiger partial charge in [0.25, 0.3) is 5.91 Å². The summed E-state index contributed by atoms with van der Waals surface area (Å²) in [5.41, 5.74) is 0.765. The lowest BCUT2D eigenvalue weighted by atomic mass is 9.90. The minimum atomic E-state index is -1.14. The fourth-order valence-electron chi connectivity index (χ4n) is 3.73. The number of benzene rings is 1. The summed E-state index contributed by atoms with van der Waals surface area (Å²) in [5, 5.41) is 2.78. The summed E-state index contributed by atoms with van der Waals surface area (Å²) in [4.78, 5) is 40.8. The maximum Gasteiger partial charge on any atom is 0.325 e. The highest BCUT2D eigenvalue weighted by Crippen LogP contribution is 2.30. The molecule has 1 aromatic rings. The van der Waals surface area contributed by atoms with Gasteiger partial charge < -0.3 is 10.2 Å². The van der Waals surface area contributed by atoms with Crippen molar-refractivity contribution in [3.8, 4) is 0 Å². The van der Waals surface area contributed by atoms with Gasteiger partial charge in [0.15, 0.2) is 0 Å². The van der Waals surface area contributed by atoms with Gasteiger partial charge in [-0.15, -0.1) is 0 Å². The Kier molecular flexibility index (Phi) is 5.27. The predicted octanol–water partition coefficient (Wildman–Crippen LogP) is 2.84. The molecule has 2 heterocycles. The number of urea groups is 1. The molecule has 0 aromatic heterocycles. The number of likely N-dealkylation sites (tertiary alicyclic amines) is 1. The van der Waals surface area contributed by atoms with Crippen LogP contribution in [0.1, 0.15) is 57.6 Å². The van der Waals surface area contributed by atoms with E-state index in [1.807, 2.05) is 24.3 Å². The van der Waals surface area contributed by atoms with Gasteiger partial charge in [-0.3, -0.25) is 14.5 Å². The zero-order chi connectivity index (χ0) is 19.8. The summed E-state index contributed by atoms with van der Waals surface area (Å²) in [6.07, 6.45) is 1.93. The zero-order valence-corrected chi connectivity index (χ0v) is 16.6. The second kappa shape index (κ2) is 7.33. The first-order valence-corrected chi connectivity index (χ1v) is 9.74. The van der Waals surface area contributed by atoms with E-state index in [2.05, 4.69) is 26.1 Å². The van der Waals surface area contributed by atoms with Crippen molar-refractivity contribution >= 4 is 17.8 Å². The molecule has 0 radical (unpaired) electrons. The second-order valence-corrected chi connectivity index (χ2v) is 8.29. The van der Waals surface area contributed by atoms with E-state index in [9.17, 15) is 14.4 Å². The van der Waals surface area contributed by atoms with Gasteiger partial charge in [0.2, 0.25) is 5.91 Å². The van der Waals surface area contributed by atoms with Gasteiger partial charge in [0.1, 0.15) is 12.1 Å². The molecule has 0 bridgehead atoms. The van der Waals surface area contributed by atoms with Crippen molar-refractivity contribution in [1.29, 1.82) is 0 Å². The van der Waals surface area contributed by atoms with Crippen LogP contribution in [0.5, 0.6) is 0 Å². The average Bonchev–Trinajstić information content (AvgIpc) is 2.86. The third kappa shape index (κ3) is 3.70. The van der Waals surface area contributed by atoms with Gasteiger partial charge in [0, 0.05) is 13.1 Å². The fourth-order valence-corrected chi connectivity index (χ4v) is 3.73. The Hall–Kier alpha value is -2.37. The summed E-state index contributed by atoms with van der Waals surface area (Å²) in [6, 6.07) is 7.21. The molecule has 2 saturated heterocycles. The van der Waals surface area contributed by atoms with E-state index >= 15 is 0 Å². The number of imide groups is 1. The third-order valence-electron chi connectivity index (χ3n) is 5.86. The van der Waals surface area contributed by atoms with E-state index in [0.717, 1.165) is 23.3 Å². The molecule has 0 saturated carbocycles. The largest absolute Gasteiger partial charge is 0.341 e. The molecule has 1 atom stereocenters. The van der Waals surface area contributed by atoms with Crippen LogP contribution in [0.2, 0.25) is 0 Å². The molecule has 6 nitrogen and oxygen atoms in total. The molecule has 3 rings (SSSR count). The van der Waals surface area contributed by atoms with Gasteiger partial charge in [0.05, 0.1) is 0 Å². The number of rotatable bonds is 4. The van der Waals surface area contributed by atoms with Crippen molar-refractivity contribution in [2.45, 2.75) is 52.0 Å². The first kappa shape index (κ1) is 19.4. The molecule has 1 aromatic carbocycles. The molecule has 2 fully saturated rings. The topological polar surface area (TPSA) is 69.7 Å². The highest BCUT2D eigenvalue weighted by atomic mass is 16.2. The average molecular weight is 371 g/mol. The van der Waals surface area contributed by atoms with Crippen LogP contribution in [0.25, 0.3) is 0 Å². The molecule has 0 aliphatic carbocycles. The second-order valence-electron chi connectivity index (χ2n) is 8.29. The summed E-state index contributed by atoms with van der Waals surface area (Å²) in [6.45, 7) is 9.27. The van der Waals surface area contributed by atoms with Crippen molar-refractivity contribution in [3.63, 3.8) is 0 Å². The van der Waals surface area contributed by atoms with Gasteiger partial charge in [-0.05, 0) is 42.7 Å². The van der Waals surface area contributed by atoms with E-state index in [-0.39, 0.29) is 18.4 Å². The number of hydrogen-bond donors (Lipinski definition) is 1. The van der Waals surface area contributed by atoms with Gasteiger partial charge >= 0.3 is 6.03 Å². The number of carbonyl (C=O) groups excluding carboxylic acids is 3. The van der Waals surface area contributed by atoms with E-state index in [1.54, 1.807) is 11.8 Å². The lowest BCUT2D eigenvalue weighted by Gasteiger charge is -2.31. The smallest absolute Gasteiger partial charge is 0.325 e. The SMILES string of the molecule is CC1CCN(C(=O)CN2C(=O)NC(C)(c3ccc(C(C)C)cc3)C2=O)CC1. The van der Waals surface area contributed by atoms with Crippen LogP contribution in [0.4, 0.5) is 4.79 Å². The minimum absolute atomic E-state index is 0.162. The van der Waals surface area contributed by atoms with E-state index in [0.29, 0.717) is 24.9 Å². The Labute approximate surface area is 160 Å². The molecule has 2 aliphatic rings. The lowest BCUT2D eigenvalue weighted by molar-refractivity contribution is -0.139. The van der Waals surface area contributed by atoms with Crippen molar-refractivity contribution < 1.29 is 14.4 Å². The summed E-state index contributed by atoms with van der Waals surface area (Å²) in [5.74, 6) is 0.471. The molecule has 4 amide bonds. The van der Waals surface area contributed by atoms with Crippen molar-refractivity contribution in [1.82, 2.24) is 15.1 Å². The Balaban J connectivity index is 1.73. The Bertz CT molecular complexity index is 736. The first-order valence-electron chi connectivity index (χ1n) is 9.74. The van der Waals surface area contributed by atoms with Crippen LogP contribution in [-0.2, 0) is 15.1 Å². The van der Waals surface area contributed by atoms with Gasteiger partial charge in [-0.1, -0.05) is 45.0 Å². The standard InChI is InChI=1S/C21H29N3O3/c1-14(2)16-5-7-17(8-6-16)21(4)19(26)24(20(27)22-21)13-18(25)23-11-9-15(3)10-12-23/h5-8,14-15H,9-13H2,1-4H3,(H,22,27). The zero-order valence-electron chi connectivity index (χ0n) is 16.6. The van der Waals surface area contributed by atoms with Crippen LogP contribution in [0, 0.1) is 5.92 Å². The quantitative estimate of drug-likeness (QED) is 0.828. The molecule has 1 unspecified atom stereocenters. The number of amides is 4. The van der Waals surface area contributed by atoms with E-state index in [1.165, 1.54) is 5.56 Å². The Morgan fingerprint density at radius 2 is 1.78 bits per heavy atom. The molecule has 0 spiro atoms. The molecule has 1 N–H and O–H groups in total. The number of hydrogen-bond acceptors (Lipinski definition) is 3. The molecule has 27 heavy (non-hydrogen) atoms. The minimum Gasteiger partial charge on any atom is -0.341 e. The Morgan fingerprint density at radius 3 is 2.33 bits per heavy atom. The molecule has 6 heteroatoms. The van der Waals surface area contributed by atoms with Gasteiger partial charge in [-0.25, -0.2) is 4.79 Å². The monoisotopic (exact) mass is 371 g/mol. The fraction of sp³-hybridized carbons (Fsp3) is 0.571. The predicted molar refractivity (Wildman–Crippen MR) is 103 cm³/mol. The maximum absolute atomic E-state index is 13.0. The van der Waals surface area contributed by atoms with E-state index < -0.39 is 11.6 Å². The van der Waals surface area contributed by atoms with Crippen LogP contribution < -0.4 is 5.32 Å². The third-order valence-corrected chi connectivity index (χ3v) is 5.86. The number of nitrogens with one attached hydrogen (secondary N) is 1. The first-order chi connectivity index (χ1) is 12.7. The van der Waals surface area contributed by atoms with Crippen LogP contribution in [0.15, 0.2) is 24.3 Å². The summed E-state index contributed by atoms with van der Waals surface area (Å²) in [7, 11) is 0. The maximum atomic E-state index is 13.0. The van der Waals surface area contributed by atoms with Crippen LogP contribution >= 0.6 is 0 Å². The molecule has 2 aliphatic heterocycles. The highest BCUT2D eigenvalue weighted by molar-refractivity contribution is 6.09. The van der Waals surface area contributed by atoms with Gasteiger partial charge in [-0.2, -0.15) is 0 Å². The van der Waals surface area contributed by atoms with Crippen molar-refractivity contribution in [2.75, 3.05) is 19.6 Å². The van der Waals surface area contributed by atoms with Crippen LogP contribution in [-0.4, -0.2) is 47.3 Å². The number of nitrogens with zero attached hydrogens (tertiary/aromatic N) is 2. The summed E-state index contributed by atoms with van der Waals surface area (Å²) >= 11 is 0. The Morgan fingerprint density at radius 1 is 1.19 bits per heavy atom. The van der Waals surface area contributed by atoms with E-state index in [4.69, 9.17) is 0 Å².